The predicted molar refractivity (Wildman–Crippen MR) is 126 cm³/mol. The van der Waals surface area contributed by atoms with Gasteiger partial charge in [0.05, 0.1) is 31.6 Å². The number of anilines is 1. The molecule has 0 aliphatic rings. The molecule has 3 aromatic rings. The number of aryl methyl sites for hydroxylation is 1. The molecule has 0 aliphatic carbocycles. The minimum Gasteiger partial charge on any atom is -0.392 e. The zero-order chi connectivity index (χ0) is 23.8. The number of rotatable bonds is 13. The van der Waals surface area contributed by atoms with Gasteiger partial charge in [-0.2, -0.15) is 4.98 Å². The molecular weight excluding hydrogens is 448 g/mol. The van der Waals surface area contributed by atoms with Crippen molar-refractivity contribution in [3.8, 4) is 0 Å². The lowest BCUT2D eigenvalue weighted by atomic mass is 10.1. The molecule has 3 aromatic heterocycles. The van der Waals surface area contributed by atoms with Gasteiger partial charge in [0.15, 0.2) is 16.3 Å². The summed E-state index contributed by atoms with van der Waals surface area (Å²) in [6, 6.07) is 0. The smallest absolute Gasteiger partial charge is 0.280 e. The number of hydrogen-bond acceptors (Lipinski definition) is 10. The van der Waals surface area contributed by atoms with Gasteiger partial charge in [0.25, 0.3) is 5.56 Å². The van der Waals surface area contributed by atoms with Crippen LogP contribution in [-0.4, -0.2) is 70.8 Å². The van der Waals surface area contributed by atoms with E-state index >= 15 is 0 Å². The van der Waals surface area contributed by atoms with Crippen LogP contribution in [0.15, 0.2) is 22.2 Å². The molecule has 0 atom stereocenters. The third kappa shape index (κ3) is 6.87. The number of aromatic nitrogens is 7. The van der Waals surface area contributed by atoms with Gasteiger partial charge in [-0.3, -0.25) is 19.0 Å². The molecule has 180 valence electrons. The lowest BCUT2D eigenvalue weighted by molar-refractivity contribution is -0.0369. The number of aliphatic hydroxyl groups excluding tert-OH is 1. The Morgan fingerprint density at radius 2 is 2.18 bits per heavy atom. The number of hydrogen-bond donors (Lipinski definition) is 3. The van der Waals surface area contributed by atoms with Gasteiger partial charge in [0, 0.05) is 25.2 Å². The molecule has 0 bridgehead atoms. The second-order valence-electron chi connectivity index (χ2n) is 7.77. The van der Waals surface area contributed by atoms with Gasteiger partial charge in [-0.05, 0) is 33.3 Å². The summed E-state index contributed by atoms with van der Waals surface area (Å²) in [4.78, 5) is 23.1. The van der Waals surface area contributed by atoms with Crippen LogP contribution < -0.4 is 11.3 Å². The van der Waals surface area contributed by atoms with Crippen LogP contribution in [0.5, 0.6) is 0 Å². The molecule has 0 spiro atoms. The molecule has 0 aromatic carbocycles. The van der Waals surface area contributed by atoms with Crippen LogP contribution in [0.25, 0.3) is 17.4 Å². The first-order valence-electron chi connectivity index (χ1n) is 10.6. The summed E-state index contributed by atoms with van der Waals surface area (Å²) < 4.78 is 14.7. The van der Waals surface area contributed by atoms with Crippen molar-refractivity contribution in [2.24, 2.45) is 0 Å². The highest BCUT2D eigenvalue weighted by Crippen LogP contribution is 2.22. The first-order valence-corrected chi connectivity index (χ1v) is 11.6. The Morgan fingerprint density at radius 1 is 1.36 bits per heavy atom. The van der Waals surface area contributed by atoms with Crippen LogP contribution in [0.2, 0.25) is 0 Å². The summed E-state index contributed by atoms with van der Waals surface area (Å²) in [7, 11) is 0. The summed E-state index contributed by atoms with van der Waals surface area (Å²) in [5.41, 5.74) is 6.30. The number of ether oxygens (including phenoxy) is 2. The SMILES string of the molecule is CCOC(C)(C)CCOCc1cn(CCSc2nc3c(=O)[nH]c(N)nc3n2C=CCO)nn1. The average molecular weight is 479 g/mol. The van der Waals surface area contributed by atoms with Crippen molar-refractivity contribution in [2.45, 2.75) is 51.1 Å². The Morgan fingerprint density at radius 3 is 2.94 bits per heavy atom. The fourth-order valence-corrected chi connectivity index (χ4v) is 3.97. The number of nitrogens with two attached hydrogens (primary N) is 1. The van der Waals surface area contributed by atoms with Crippen molar-refractivity contribution in [1.29, 1.82) is 0 Å². The second kappa shape index (κ2) is 11.4. The molecule has 0 aliphatic heterocycles. The van der Waals surface area contributed by atoms with Crippen molar-refractivity contribution in [1.82, 2.24) is 34.5 Å². The van der Waals surface area contributed by atoms with E-state index in [0.717, 1.165) is 12.1 Å². The molecule has 0 amide bonds. The summed E-state index contributed by atoms with van der Waals surface area (Å²) in [6.45, 7) is 8.12. The van der Waals surface area contributed by atoms with Crippen molar-refractivity contribution < 1.29 is 14.6 Å². The minimum atomic E-state index is -0.416. The van der Waals surface area contributed by atoms with E-state index in [1.54, 1.807) is 15.4 Å². The van der Waals surface area contributed by atoms with Gasteiger partial charge in [-0.15, -0.1) is 5.10 Å². The predicted octanol–water partition coefficient (Wildman–Crippen LogP) is 1.27. The monoisotopic (exact) mass is 478 g/mol. The maximum absolute atomic E-state index is 12.2. The largest absolute Gasteiger partial charge is 0.392 e. The van der Waals surface area contributed by atoms with Crippen molar-refractivity contribution in [3.05, 3.63) is 28.3 Å². The third-order valence-corrected chi connectivity index (χ3v) is 5.60. The van der Waals surface area contributed by atoms with E-state index in [2.05, 4.69) is 25.3 Å². The number of imidazole rings is 1. The number of aromatic amines is 1. The van der Waals surface area contributed by atoms with Crippen LogP contribution in [0.3, 0.4) is 0 Å². The molecule has 3 heterocycles. The van der Waals surface area contributed by atoms with Crippen LogP contribution in [-0.2, 0) is 22.6 Å². The van der Waals surface area contributed by atoms with Gasteiger partial charge >= 0.3 is 0 Å². The first-order chi connectivity index (χ1) is 15.8. The van der Waals surface area contributed by atoms with Crippen LogP contribution in [0.1, 0.15) is 32.9 Å². The molecule has 33 heavy (non-hydrogen) atoms. The molecule has 0 unspecified atom stereocenters. The summed E-state index contributed by atoms with van der Waals surface area (Å²) >= 11 is 1.42. The highest BCUT2D eigenvalue weighted by atomic mass is 32.2. The number of nitrogen functional groups attached to an aromatic ring is 1. The number of nitrogens with zero attached hydrogens (tertiary/aromatic N) is 6. The molecule has 0 fully saturated rings. The van der Waals surface area contributed by atoms with Crippen LogP contribution >= 0.6 is 11.8 Å². The highest BCUT2D eigenvalue weighted by Gasteiger charge is 2.17. The van der Waals surface area contributed by atoms with E-state index in [1.807, 2.05) is 27.0 Å². The third-order valence-electron chi connectivity index (χ3n) is 4.67. The number of aliphatic hydroxyl groups is 1. The Bertz CT molecular complexity index is 1140. The van der Waals surface area contributed by atoms with Crippen LogP contribution in [0, 0.1) is 0 Å². The Balaban J connectivity index is 1.56. The molecule has 12 nitrogen and oxygen atoms in total. The first kappa shape index (κ1) is 24.9. The van der Waals surface area contributed by atoms with Gasteiger partial charge in [-0.25, -0.2) is 4.98 Å². The Kier molecular flexibility index (Phi) is 8.61. The molecule has 13 heteroatoms. The van der Waals surface area contributed by atoms with E-state index in [0.29, 0.717) is 42.9 Å². The van der Waals surface area contributed by atoms with E-state index in [4.69, 9.17) is 20.3 Å². The van der Waals surface area contributed by atoms with Crippen molar-refractivity contribution in [2.75, 3.05) is 31.3 Å². The number of H-pyrrole nitrogens is 1. The molecule has 3 rings (SSSR count). The molecule has 0 saturated heterocycles. The highest BCUT2D eigenvalue weighted by molar-refractivity contribution is 7.99. The lowest BCUT2D eigenvalue weighted by Crippen LogP contribution is -2.26. The number of thioether (sulfide) groups is 1. The molecular formula is C20H30N8O4S. The topological polar surface area (TPSA) is 159 Å². The van der Waals surface area contributed by atoms with E-state index in [9.17, 15) is 4.79 Å². The molecule has 0 radical (unpaired) electrons. The standard InChI is InChI=1S/C20H30N8O4S/c1-4-32-20(2,3)6-10-31-13-14-12-27(26-25-14)8-11-33-19-22-15-16(28(19)7-5-9-29)23-18(21)24-17(15)30/h5,7,12,29H,4,6,8-11,13H2,1-3H3,(H3,21,23,24,30). The maximum atomic E-state index is 12.2. The second-order valence-corrected chi connectivity index (χ2v) is 8.83. The van der Waals surface area contributed by atoms with Crippen LogP contribution in [0.4, 0.5) is 5.95 Å². The van der Waals surface area contributed by atoms with Gasteiger partial charge in [-0.1, -0.05) is 17.0 Å². The molecule has 4 N–H and O–H groups in total. The fraction of sp³-hybridized carbons (Fsp3) is 0.550. The number of nitrogens with one attached hydrogen (secondary N) is 1. The lowest BCUT2D eigenvalue weighted by Gasteiger charge is -2.24. The van der Waals surface area contributed by atoms with Crippen molar-refractivity contribution >= 4 is 35.1 Å². The Hall–Kier alpha value is -2.74. The average Bonchev–Trinajstić information content (AvgIpc) is 3.34. The zero-order valence-corrected chi connectivity index (χ0v) is 19.8. The van der Waals surface area contributed by atoms with Gasteiger partial charge < -0.3 is 20.3 Å². The minimum absolute atomic E-state index is 0.00131. The number of fused-ring (bicyclic) bond motifs is 1. The Labute approximate surface area is 195 Å². The molecule has 0 saturated carbocycles. The maximum Gasteiger partial charge on any atom is 0.280 e. The van der Waals surface area contributed by atoms with E-state index in [1.165, 1.54) is 17.8 Å². The van der Waals surface area contributed by atoms with Gasteiger partial charge in [0.1, 0.15) is 5.69 Å². The normalized spacial score (nSPS) is 12.4. The summed E-state index contributed by atoms with van der Waals surface area (Å²) in [5.74, 6) is 0.622. The fourth-order valence-electron chi connectivity index (χ4n) is 3.07. The van der Waals surface area contributed by atoms with E-state index in [-0.39, 0.29) is 23.7 Å². The summed E-state index contributed by atoms with van der Waals surface area (Å²) in [5, 5.41) is 18.0. The quantitative estimate of drug-likeness (QED) is 0.241. The zero-order valence-electron chi connectivity index (χ0n) is 19.0. The van der Waals surface area contributed by atoms with Crippen molar-refractivity contribution in [3.63, 3.8) is 0 Å². The van der Waals surface area contributed by atoms with E-state index < -0.39 is 5.56 Å². The summed E-state index contributed by atoms with van der Waals surface area (Å²) in [6.07, 6.45) is 5.78. The van der Waals surface area contributed by atoms with Gasteiger partial charge in [0.2, 0.25) is 5.95 Å².